The molecule has 0 bridgehead atoms. The van der Waals surface area contributed by atoms with E-state index in [1.807, 2.05) is 0 Å². The van der Waals surface area contributed by atoms with Crippen LogP contribution in [-0.2, 0) is 12.8 Å². The first-order valence-electron chi connectivity index (χ1n) is 5.77. The predicted molar refractivity (Wildman–Crippen MR) is 68.7 cm³/mol. The van der Waals surface area contributed by atoms with E-state index in [4.69, 9.17) is 9.15 Å². The summed E-state index contributed by atoms with van der Waals surface area (Å²) in [7, 11) is 1.48. The number of phenolic OH excluding ortho intramolecular Hbond substituents is 2. The average Bonchev–Trinajstić information content (AvgIpc) is 2.39. The van der Waals surface area contributed by atoms with E-state index in [1.54, 1.807) is 12.1 Å². The first-order valence-corrected chi connectivity index (χ1v) is 5.77. The highest BCUT2D eigenvalue weighted by molar-refractivity contribution is 5.40. The van der Waals surface area contributed by atoms with Gasteiger partial charge in [-0.2, -0.15) is 0 Å². The number of benzene rings is 1. The molecule has 5 heteroatoms. The lowest BCUT2D eigenvalue weighted by atomic mass is 10.1. The smallest absolute Gasteiger partial charge is 0.339 e. The van der Waals surface area contributed by atoms with Gasteiger partial charge in [0.15, 0.2) is 11.5 Å². The van der Waals surface area contributed by atoms with Gasteiger partial charge in [-0.25, -0.2) is 4.79 Å². The summed E-state index contributed by atoms with van der Waals surface area (Å²) in [4.78, 5) is 11.3. The normalized spacial score (nSPS) is 10.4. The zero-order valence-electron chi connectivity index (χ0n) is 10.4. The third kappa shape index (κ3) is 3.28. The van der Waals surface area contributed by atoms with Crippen LogP contribution in [0.25, 0.3) is 0 Å². The maximum absolute atomic E-state index is 11.3. The molecule has 100 valence electrons. The number of rotatable bonds is 4. The van der Waals surface area contributed by atoms with E-state index in [-0.39, 0.29) is 11.5 Å². The quantitative estimate of drug-likeness (QED) is 0.822. The number of hydrogen-bond acceptors (Lipinski definition) is 5. The lowest BCUT2D eigenvalue weighted by Crippen LogP contribution is -2.02. The molecule has 2 aromatic rings. The Labute approximate surface area is 109 Å². The van der Waals surface area contributed by atoms with E-state index < -0.39 is 5.63 Å². The molecule has 19 heavy (non-hydrogen) atoms. The summed E-state index contributed by atoms with van der Waals surface area (Å²) in [6.45, 7) is 0. The molecule has 0 saturated carbocycles. The van der Waals surface area contributed by atoms with E-state index in [9.17, 15) is 15.0 Å². The molecule has 2 N–H and O–H groups in total. The minimum absolute atomic E-state index is 0.156. The second-order valence-corrected chi connectivity index (χ2v) is 4.11. The van der Waals surface area contributed by atoms with Crippen molar-refractivity contribution in [2.75, 3.05) is 7.11 Å². The molecule has 1 aromatic carbocycles. The van der Waals surface area contributed by atoms with Gasteiger partial charge in [-0.1, -0.05) is 6.07 Å². The molecule has 1 heterocycles. The van der Waals surface area contributed by atoms with Gasteiger partial charge in [0.1, 0.15) is 11.5 Å². The Bertz CT molecular complexity index is 630. The number of aromatic hydroxyl groups is 2. The molecule has 5 nitrogen and oxygen atoms in total. The second kappa shape index (κ2) is 5.48. The first kappa shape index (κ1) is 13.0. The number of ether oxygens (including phenoxy) is 1. The van der Waals surface area contributed by atoms with Gasteiger partial charge in [-0.3, -0.25) is 0 Å². The summed E-state index contributed by atoms with van der Waals surface area (Å²) < 4.78 is 10.0. The monoisotopic (exact) mass is 262 g/mol. The molecule has 0 unspecified atom stereocenters. The molecule has 0 aliphatic heterocycles. The van der Waals surface area contributed by atoms with Crippen molar-refractivity contribution < 1.29 is 19.4 Å². The highest BCUT2D eigenvalue weighted by Crippen LogP contribution is 2.25. The largest absolute Gasteiger partial charge is 0.504 e. The maximum atomic E-state index is 11.3. The van der Waals surface area contributed by atoms with Crippen LogP contribution >= 0.6 is 0 Å². The molecule has 0 aliphatic carbocycles. The Morgan fingerprint density at radius 3 is 2.58 bits per heavy atom. The Kier molecular flexibility index (Phi) is 3.75. The third-order valence-electron chi connectivity index (χ3n) is 2.73. The molecule has 0 radical (unpaired) electrons. The van der Waals surface area contributed by atoms with Gasteiger partial charge in [0.25, 0.3) is 0 Å². The number of methoxy groups -OCH3 is 1. The van der Waals surface area contributed by atoms with E-state index >= 15 is 0 Å². The number of aryl methyl sites for hydroxylation is 2. The zero-order chi connectivity index (χ0) is 13.8. The molecule has 0 saturated heterocycles. The van der Waals surface area contributed by atoms with Crippen LogP contribution in [0.15, 0.2) is 39.5 Å². The molecule has 0 aliphatic rings. The summed E-state index contributed by atoms with van der Waals surface area (Å²) in [5.41, 5.74) is 0.378. The molecular weight excluding hydrogens is 248 g/mol. The molecular formula is C14H14O5. The second-order valence-electron chi connectivity index (χ2n) is 4.11. The number of hydrogen-bond donors (Lipinski definition) is 2. The van der Waals surface area contributed by atoms with Crippen molar-refractivity contribution in [2.24, 2.45) is 0 Å². The Hall–Kier alpha value is -2.43. The van der Waals surface area contributed by atoms with Gasteiger partial charge in [-0.05, 0) is 24.1 Å². The highest BCUT2D eigenvalue weighted by Gasteiger charge is 2.05. The van der Waals surface area contributed by atoms with E-state index in [1.165, 1.54) is 25.3 Å². The fourth-order valence-corrected chi connectivity index (χ4v) is 1.74. The van der Waals surface area contributed by atoms with Crippen LogP contribution in [0.2, 0.25) is 0 Å². The van der Waals surface area contributed by atoms with Crippen LogP contribution in [0.1, 0.15) is 11.3 Å². The number of phenols is 2. The molecule has 0 spiro atoms. The molecule has 0 amide bonds. The SMILES string of the molecule is COc1cc(CCc2ccc(O)c(O)c2)oc(=O)c1. The minimum Gasteiger partial charge on any atom is -0.504 e. The molecule has 2 rings (SSSR count). The van der Waals surface area contributed by atoms with Gasteiger partial charge in [0.05, 0.1) is 13.2 Å². The summed E-state index contributed by atoms with van der Waals surface area (Å²) in [5.74, 6) is 0.651. The summed E-state index contributed by atoms with van der Waals surface area (Å²) in [5, 5.41) is 18.6. The van der Waals surface area contributed by atoms with Crippen molar-refractivity contribution in [1.29, 1.82) is 0 Å². The zero-order valence-corrected chi connectivity index (χ0v) is 10.4. The summed E-state index contributed by atoms with van der Waals surface area (Å²) in [6.07, 6.45) is 1.07. The fraction of sp³-hybridized carbons (Fsp3) is 0.214. The highest BCUT2D eigenvalue weighted by atomic mass is 16.5. The molecule has 0 atom stereocenters. The summed E-state index contributed by atoms with van der Waals surface area (Å²) >= 11 is 0. The van der Waals surface area contributed by atoms with E-state index in [0.717, 1.165) is 5.56 Å². The van der Waals surface area contributed by atoms with Crippen LogP contribution in [-0.4, -0.2) is 17.3 Å². The predicted octanol–water partition coefficient (Wildman–Crippen LogP) is 1.84. The van der Waals surface area contributed by atoms with E-state index in [2.05, 4.69) is 0 Å². The third-order valence-corrected chi connectivity index (χ3v) is 2.73. The van der Waals surface area contributed by atoms with Crippen LogP contribution in [0.3, 0.4) is 0 Å². The average molecular weight is 262 g/mol. The van der Waals surface area contributed by atoms with Gasteiger partial charge in [0.2, 0.25) is 0 Å². The van der Waals surface area contributed by atoms with Gasteiger partial charge in [0, 0.05) is 12.5 Å². The van der Waals surface area contributed by atoms with Crippen molar-refractivity contribution in [1.82, 2.24) is 0 Å². The van der Waals surface area contributed by atoms with Crippen LogP contribution < -0.4 is 10.4 Å². The van der Waals surface area contributed by atoms with Crippen molar-refractivity contribution in [3.05, 3.63) is 52.1 Å². The Morgan fingerprint density at radius 1 is 1.11 bits per heavy atom. The molecule has 1 aromatic heterocycles. The Morgan fingerprint density at radius 2 is 1.89 bits per heavy atom. The summed E-state index contributed by atoms with van der Waals surface area (Å²) in [6, 6.07) is 7.53. The standard InChI is InChI=1S/C14H14O5/c1-18-11-7-10(19-14(17)8-11)4-2-9-3-5-12(15)13(16)6-9/h3,5-8,15-16H,2,4H2,1H3. The molecule has 0 fully saturated rings. The lowest BCUT2D eigenvalue weighted by molar-refractivity contribution is 0.391. The lowest BCUT2D eigenvalue weighted by Gasteiger charge is -2.04. The minimum atomic E-state index is -0.456. The van der Waals surface area contributed by atoms with Crippen molar-refractivity contribution in [3.8, 4) is 17.2 Å². The van der Waals surface area contributed by atoms with Crippen LogP contribution in [0.4, 0.5) is 0 Å². The van der Waals surface area contributed by atoms with Crippen molar-refractivity contribution >= 4 is 0 Å². The fourth-order valence-electron chi connectivity index (χ4n) is 1.74. The van der Waals surface area contributed by atoms with Gasteiger partial charge in [-0.15, -0.1) is 0 Å². The Balaban J connectivity index is 2.11. The van der Waals surface area contributed by atoms with Crippen molar-refractivity contribution in [2.45, 2.75) is 12.8 Å². The van der Waals surface area contributed by atoms with Gasteiger partial charge < -0.3 is 19.4 Å². The first-order chi connectivity index (χ1) is 9.08. The van der Waals surface area contributed by atoms with Crippen molar-refractivity contribution in [3.63, 3.8) is 0 Å². The van der Waals surface area contributed by atoms with Crippen LogP contribution in [0.5, 0.6) is 17.2 Å². The topological polar surface area (TPSA) is 79.9 Å². The van der Waals surface area contributed by atoms with E-state index in [0.29, 0.717) is 24.4 Å². The van der Waals surface area contributed by atoms with Gasteiger partial charge >= 0.3 is 5.63 Å². The maximum Gasteiger partial charge on any atom is 0.339 e. The van der Waals surface area contributed by atoms with Crippen LogP contribution in [0, 0.1) is 0 Å².